The summed E-state index contributed by atoms with van der Waals surface area (Å²) in [6, 6.07) is 0. The van der Waals surface area contributed by atoms with Crippen molar-refractivity contribution in [1.82, 2.24) is 0 Å². The van der Waals surface area contributed by atoms with Crippen molar-refractivity contribution in [2.24, 2.45) is 40.4 Å². The second kappa shape index (κ2) is 6.99. The first kappa shape index (κ1) is 18.9. The Bertz CT molecular complexity index is 550. The van der Waals surface area contributed by atoms with Crippen LogP contribution in [0.3, 0.4) is 0 Å². The van der Waals surface area contributed by atoms with Gasteiger partial charge in [0.05, 0.1) is 12.2 Å². The molecule has 0 aromatic heterocycles. The Balaban J connectivity index is 1.35. The molecule has 5 fully saturated rings. The minimum absolute atomic E-state index is 0.000554. The van der Waals surface area contributed by atoms with Crippen LogP contribution in [0.5, 0.6) is 0 Å². The average molecular weight is 377 g/mol. The van der Waals surface area contributed by atoms with Crippen molar-refractivity contribution in [3.63, 3.8) is 0 Å². The van der Waals surface area contributed by atoms with Crippen LogP contribution in [0.4, 0.5) is 0 Å². The van der Waals surface area contributed by atoms with E-state index in [0.717, 1.165) is 30.1 Å². The van der Waals surface area contributed by atoms with Gasteiger partial charge < -0.3 is 14.6 Å². The van der Waals surface area contributed by atoms with Gasteiger partial charge in [-0.15, -0.1) is 0 Å². The number of ether oxygens (including phenoxy) is 2. The van der Waals surface area contributed by atoms with E-state index in [1.807, 2.05) is 0 Å². The number of methoxy groups -OCH3 is 1. The van der Waals surface area contributed by atoms with Crippen molar-refractivity contribution in [3.8, 4) is 0 Å². The molecule has 1 spiro atoms. The normalized spacial score (nSPS) is 54.6. The largest absolute Gasteiger partial charge is 0.393 e. The molecule has 27 heavy (non-hydrogen) atoms. The minimum Gasteiger partial charge on any atom is -0.393 e. The highest BCUT2D eigenvalue weighted by Crippen LogP contribution is 2.70. The van der Waals surface area contributed by atoms with E-state index in [1.165, 1.54) is 70.6 Å². The topological polar surface area (TPSA) is 38.7 Å². The Morgan fingerprint density at radius 1 is 0.889 bits per heavy atom. The predicted molar refractivity (Wildman–Crippen MR) is 106 cm³/mol. The molecular formula is C24H40O3. The highest BCUT2D eigenvalue weighted by molar-refractivity contribution is 5.12. The third-order valence-corrected chi connectivity index (χ3v) is 10.4. The summed E-state index contributed by atoms with van der Waals surface area (Å²) in [5, 5.41) is 10.7. The number of fused-ring (bicyclic) bond motifs is 4. The van der Waals surface area contributed by atoms with Gasteiger partial charge in [0, 0.05) is 7.11 Å². The average Bonchev–Trinajstić information content (AvgIpc) is 3.07. The van der Waals surface area contributed by atoms with Crippen LogP contribution < -0.4 is 0 Å². The highest BCUT2D eigenvalue weighted by atomic mass is 16.7. The zero-order valence-corrected chi connectivity index (χ0v) is 17.5. The van der Waals surface area contributed by atoms with E-state index < -0.39 is 0 Å². The fraction of sp³-hybridized carbons (Fsp3) is 1.00. The fourth-order valence-corrected chi connectivity index (χ4v) is 9.30. The number of hydrogen-bond donors (Lipinski definition) is 1. The van der Waals surface area contributed by atoms with Gasteiger partial charge in [-0.3, -0.25) is 0 Å². The molecule has 0 amide bonds. The second-order valence-electron chi connectivity index (χ2n) is 11.0. The molecule has 0 aromatic carbocycles. The van der Waals surface area contributed by atoms with Crippen LogP contribution in [0.25, 0.3) is 0 Å². The molecule has 5 saturated carbocycles. The summed E-state index contributed by atoms with van der Waals surface area (Å²) in [6.07, 6.45) is 16.4. The molecule has 5 rings (SSSR count). The minimum atomic E-state index is 0.000554. The van der Waals surface area contributed by atoms with E-state index in [9.17, 15) is 5.11 Å². The molecule has 5 aliphatic rings. The summed E-state index contributed by atoms with van der Waals surface area (Å²) in [6.45, 7) is 3.09. The van der Waals surface area contributed by atoms with E-state index >= 15 is 0 Å². The van der Waals surface area contributed by atoms with Crippen molar-refractivity contribution in [2.75, 3.05) is 13.9 Å². The van der Waals surface area contributed by atoms with Gasteiger partial charge in [-0.05, 0) is 111 Å². The van der Waals surface area contributed by atoms with E-state index in [1.54, 1.807) is 7.11 Å². The van der Waals surface area contributed by atoms with E-state index in [2.05, 4.69) is 6.92 Å². The molecular weight excluding hydrogens is 336 g/mol. The lowest BCUT2D eigenvalue weighted by molar-refractivity contribution is -0.163. The number of rotatable bonds is 3. The molecule has 1 N–H and O–H groups in total. The maximum Gasteiger partial charge on any atom is 0.146 e. The smallest absolute Gasteiger partial charge is 0.146 e. The van der Waals surface area contributed by atoms with Crippen LogP contribution >= 0.6 is 0 Å². The SMILES string of the molecule is COCO[C@@H]1CC[C@@]2(C)[C@@H](CC[C@@H]3[C@@H]2CC[C@]24CCCC(O)[C@H]2CC[C@@H]34)C1. The monoisotopic (exact) mass is 376 g/mol. The zero-order valence-electron chi connectivity index (χ0n) is 17.5. The fourth-order valence-electron chi connectivity index (χ4n) is 9.30. The second-order valence-corrected chi connectivity index (χ2v) is 11.0. The molecule has 0 aliphatic heterocycles. The summed E-state index contributed by atoms with van der Waals surface area (Å²) in [4.78, 5) is 0. The van der Waals surface area contributed by atoms with Crippen molar-refractivity contribution in [3.05, 3.63) is 0 Å². The Hall–Kier alpha value is -0.120. The summed E-state index contributed by atoms with van der Waals surface area (Å²) in [5.41, 5.74) is 1.05. The van der Waals surface area contributed by atoms with Crippen LogP contribution in [-0.2, 0) is 9.47 Å². The molecule has 0 bridgehead atoms. The molecule has 1 unspecified atom stereocenters. The van der Waals surface area contributed by atoms with Crippen LogP contribution in [-0.4, -0.2) is 31.2 Å². The van der Waals surface area contributed by atoms with Crippen LogP contribution in [0, 0.1) is 40.4 Å². The van der Waals surface area contributed by atoms with Gasteiger partial charge in [0.15, 0.2) is 0 Å². The molecule has 0 aromatic rings. The van der Waals surface area contributed by atoms with Crippen LogP contribution in [0.2, 0.25) is 0 Å². The molecule has 0 saturated heterocycles. The summed E-state index contributed by atoms with van der Waals surface area (Å²) in [5.74, 6) is 4.25. The van der Waals surface area contributed by atoms with Gasteiger partial charge >= 0.3 is 0 Å². The van der Waals surface area contributed by atoms with Crippen molar-refractivity contribution >= 4 is 0 Å². The van der Waals surface area contributed by atoms with Gasteiger partial charge in [0.1, 0.15) is 6.79 Å². The lowest BCUT2D eigenvalue weighted by Gasteiger charge is -2.62. The first-order chi connectivity index (χ1) is 13.1. The Labute approximate surface area is 165 Å². The van der Waals surface area contributed by atoms with Gasteiger partial charge in [-0.2, -0.15) is 0 Å². The Morgan fingerprint density at radius 3 is 2.59 bits per heavy atom. The molecule has 5 aliphatic carbocycles. The summed E-state index contributed by atoms with van der Waals surface area (Å²) < 4.78 is 11.1. The van der Waals surface area contributed by atoms with Gasteiger partial charge in [0.2, 0.25) is 0 Å². The van der Waals surface area contributed by atoms with Crippen molar-refractivity contribution < 1.29 is 14.6 Å². The van der Waals surface area contributed by atoms with E-state index in [4.69, 9.17) is 9.47 Å². The maximum atomic E-state index is 10.7. The Kier molecular flexibility index (Phi) is 4.89. The Morgan fingerprint density at radius 2 is 1.74 bits per heavy atom. The van der Waals surface area contributed by atoms with Gasteiger partial charge in [-0.25, -0.2) is 0 Å². The third-order valence-electron chi connectivity index (χ3n) is 10.4. The van der Waals surface area contributed by atoms with Crippen LogP contribution in [0.1, 0.15) is 84.0 Å². The van der Waals surface area contributed by atoms with Gasteiger partial charge in [0.25, 0.3) is 0 Å². The first-order valence-electron chi connectivity index (χ1n) is 11.9. The van der Waals surface area contributed by atoms with Crippen molar-refractivity contribution in [1.29, 1.82) is 0 Å². The standard InChI is InChI=1S/C24H40O3/c1-23-12-9-17(27-15-26-2)14-16(23)5-6-18-19(23)10-13-24-11-3-4-22(25)21(24)8-7-20(18)24/h16-22,25H,3-15H2,1-2H3/t16-,17+,18+,19-,20-,21+,22?,23-,24-/m0/s1. The molecule has 0 radical (unpaired) electrons. The first-order valence-corrected chi connectivity index (χ1v) is 11.9. The quantitative estimate of drug-likeness (QED) is 0.692. The third kappa shape index (κ3) is 2.78. The summed E-state index contributed by atoms with van der Waals surface area (Å²) in [7, 11) is 1.73. The highest BCUT2D eigenvalue weighted by Gasteiger charge is 2.63. The molecule has 0 heterocycles. The van der Waals surface area contributed by atoms with E-state index in [-0.39, 0.29) is 6.10 Å². The molecule has 3 nitrogen and oxygen atoms in total. The zero-order chi connectivity index (χ0) is 18.6. The van der Waals surface area contributed by atoms with E-state index in [0.29, 0.717) is 29.6 Å². The molecule has 9 atom stereocenters. The molecule has 3 heteroatoms. The van der Waals surface area contributed by atoms with Crippen molar-refractivity contribution in [2.45, 2.75) is 96.2 Å². The summed E-state index contributed by atoms with van der Waals surface area (Å²) >= 11 is 0. The molecule has 154 valence electrons. The number of aliphatic hydroxyl groups excluding tert-OH is 1. The number of hydrogen-bond acceptors (Lipinski definition) is 3. The lowest BCUT2D eigenvalue weighted by atomic mass is 9.43. The van der Waals surface area contributed by atoms with Crippen LogP contribution in [0.15, 0.2) is 0 Å². The lowest BCUT2D eigenvalue weighted by Crippen LogP contribution is -2.56. The van der Waals surface area contributed by atoms with Gasteiger partial charge in [-0.1, -0.05) is 13.3 Å². The maximum absolute atomic E-state index is 10.7. The number of aliphatic hydroxyl groups is 1. The predicted octanol–water partition coefficient (Wildman–Crippen LogP) is 5.16.